The van der Waals surface area contributed by atoms with Gasteiger partial charge in [0, 0.05) is 18.3 Å². The van der Waals surface area contributed by atoms with E-state index < -0.39 is 0 Å². The highest BCUT2D eigenvalue weighted by Crippen LogP contribution is 2.30. The van der Waals surface area contributed by atoms with Crippen LogP contribution in [-0.4, -0.2) is 24.6 Å². The summed E-state index contributed by atoms with van der Waals surface area (Å²) in [5.74, 6) is 0.920. The minimum atomic E-state index is 0.524. The molecule has 0 aromatic heterocycles. The Morgan fingerprint density at radius 2 is 1.76 bits per heavy atom. The van der Waals surface area contributed by atoms with Crippen molar-refractivity contribution in [3.8, 4) is 5.75 Å². The van der Waals surface area contributed by atoms with Crippen LogP contribution < -0.4 is 4.74 Å². The lowest BCUT2D eigenvalue weighted by atomic mass is 9.93. The lowest BCUT2D eigenvalue weighted by Gasteiger charge is -2.39. The average Bonchev–Trinajstić information content (AvgIpc) is 2.61. The Labute approximate surface area is 152 Å². The Hall–Kier alpha value is -2.22. The molecule has 2 heteroatoms. The lowest BCUT2D eigenvalue weighted by Crippen LogP contribution is -2.39. The van der Waals surface area contributed by atoms with Crippen LogP contribution in [-0.2, 0) is 6.42 Å². The number of nitrogens with zero attached hydrogens (tertiary/aromatic N) is 1. The third-order valence-corrected chi connectivity index (χ3v) is 5.16. The van der Waals surface area contributed by atoms with Crippen LogP contribution in [0.2, 0.25) is 0 Å². The molecule has 1 aliphatic rings. The standard InChI is InChI=1S/C23H29NO/c1-17-13-18(2)15-21(14-17)19(3)24-12-6-5-7-22(24)16-20-8-10-23(25-4)11-9-20/h8-11,13-15,22H,3,5-7,12,16H2,1-2,4H3. The molecule has 2 aromatic carbocycles. The normalized spacial score (nSPS) is 17.4. The molecule has 1 aliphatic heterocycles. The maximum atomic E-state index is 5.27. The summed E-state index contributed by atoms with van der Waals surface area (Å²) in [6.07, 6.45) is 4.85. The van der Waals surface area contributed by atoms with Crippen LogP contribution >= 0.6 is 0 Å². The van der Waals surface area contributed by atoms with Crippen molar-refractivity contribution in [1.29, 1.82) is 0 Å². The van der Waals surface area contributed by atoms with Crippen molar-refractivity contribution >= 4 is 5.70 Å². The zero-order valence-electron chi connectivity index (χ0n) is 15.7. The van der Waals surface area contributed by atoms with Crippen molar-refractivity contribution in [2.75, 3.05) is 13.7 Å². The van der Waals surface area contributed by atoms with Gasteiger partial charge in [-0.2, -0.15) is 0 Å². The van der Waals surface area contributed by atoms with Crippen LogP contribution in [0.4, 0.5) is 0 Å². The summed E-state index contributed by atoms with van der Waals surface area (Å²) < 4.78 is 5.27. The van der Waals surface area contributed by atoms with Gasteiger partial charge in [0.15, 0.2) is 0 Å². The van der Waals surface area contributed by atoms with E-state index >= 15 is 0 Å². The van der Waals surface area contributed by atoms with Gasteiger partial charge in [-0.15, -0.1) is 0 Å². The SMILES string of the molecule is C=C(c1cc(C)cc(C)c1)N1CCCCC1Cc1ccc(OC)cc1. The van der Waals surface area contributed by atoms with E-state index in [0.717, 1.165) is 18.7 Å². The zero-order valence-corrected chi connectivity index (χ0v) is 15.7. The summed E-state index contributed by atoms with van der Waals surface area (Å²) in [4.78, 5) is 2.53. The van der Waals surface area contributed by atoms with Gasteiger partial charge in [0.1, 0.15) is 5.75 Å². The van der Waals surface area contributed by atoms with Gasteiger partial charge in [-0.25, -0.2) is 0 Å². The molecule has 3 rings (SSSR count). The Morgan fingerprint density at radius 1 is 1.08 bits per heavy atom. The molecule has 1 fully saturated rings. The van der Waals surface area contributed by atoms with E-state index in [2.05, 4.69) is 67.8 Å². The van der Waals surface area contributed by atoms with Crippen molar-refractivity contribution in [1.82, 2.24) is 4.90 Å². The molecule has 0 spiro atoms. The minimum Gasteiger partial charge on any atom is -0.497 e. The zero-order chi connectivity index (χ0) is 17.8. The van der Waals surface area contributed by atoms with Crippen LogP contribution in [0.25, 0.3) is 5.70 Å². The van der Waals surface area contributed by atoms with Crippen molar-refractivity contribution in [2.45, 2.75) is 45.6 Å². The van der Waals surface area contributed by atoms with Gasteiger partial charge in [0.25, 0.3) is 0 Å². The Morgan fingerprint density at radius 3 is 2.40 bits per heavy atom. The number of hydrogen-bond acceptors (Lipinski definition) is 2. The van der Waals surface area contributed by atoms with Crippen molar-refractivity contribution in [3.05, 3.63) is 71.3 Å². The van der Waals surface area contributed by atoms with Gasteiger partial charge in [0.05, 0.1) is 7.11 Å². The molecule has 1 saturated heterocycles. The minimum absolute atomic E-state index is 0.524. The van der Waals surface area contributed by atoms with Gasteiger partial charge in [-0.1, -0.05) is 35.9 Å². The van der Waals surface area contributed by atoms with E-state index in [1.807, 2.05) is 0 Å². The molecule has 0 amide bonds. The summed E-state index contributed by atoms with van der Waals surface area (Å²) in [6, 6.07) is 15.7. The molecule has 0 N–H and O–H groups in total. The van der Waals surface area contributed by atoms with Gasteiger partial charge in [-0.3, -0.25) is 0 Å². The topological polar surface area (TPSA) is 12.5 Å². The van der Waals surface area contributed by atoms with Crippen molar-refractivity contribution in [3.63, 3.8) is 0 Å². The van der Waals surface area contributed by atoms with Gasteiger partial charge in [0.2, 0.25) is 0 Å². The number of benzene rings is 2. The fraction of sp³-hybridized carbons (Fsp3) is 0.391. The van der Waals surface area contributed by atoms with E-state index in [1.165, 1.54) is 47.2 Å². The predicted molar refractivity (Wildman–Crippen MR) is 106 cm³/mol. The first kappa shape index (κ1) is 17.6. The molecule has 1 unspecified atom stereocenters. The van der Waals surface area contributed by atoms with Crippen LogP contribution in [0.3, 0.4) is 0 Å². The van der Waals surface area contributed by atoms with Crippen molar-refractivity contribution in [2.24, 2.45) is 0 Å². The van der Waals surface area contributed by atoms with Gasteiger partial charge < -0.3 is 9.64 Å². The number of likely N-dealkylation sites (tertiary alicyclic amines) is 1. The fourth-order valence-corrected chi connectivity index (χ4v) is 3.91. The molecule has 0 aliphatic carbocycles. The van der Waals surface area contributed by atoms with Gasteiger partial charge in [-0.05, 0) is 74.9 Å². The third kappa shape index (κ3) is 4.25. The molecule has 2 aromatic rings. The quantitative estimate of drug-likeness (QED) is 0.727. The highest BCUT2D eigenvalue weighted by atomic mass is 16.5. The summed E-state index contributed by atoms with van der Waals surface area (Å²) in [7, 11) is 1.71. The highest BCUT2D eigenvalue weighted by molar-refractivity contribution is 5.63. The van der Waals surface area contributed by atoms with E-state index in [-0.39, 0.29) is 0 Å². The first-order valence-electron chi connectivity index (χ1n) is 9.24. The van der Waals surface area contributed by atoms with Crippen LogP contribution in [0.1, 0.15) is 41.5 Å². The summed E-state index contributed by atoms with van der Waals surface area (Å²) in [5.41, 5.74) is 6.41. The molecule has 25 heavy (non-hydrogen) atoms. The molecule has 1 atom stereocenters. The number of aryl methyl sites for hydroxylation is 2. The second-order valence-electron chi connectivity index (χ2n) is 7.22. The molecular formula is C23H29NO. The van der Waals surface area contributed by atoms with E-state index in [4.69, 9.17) is 4.74 Å². The monoisotopic (exact) mass is 335 g/mol. The Balaban J connectivity index is 1.78. The summed E-state index contributed by atoms with van der Waals surface area (Å²) in [5, 5.41) is 0. The second kappa shape index (κ2) is 7.77. The molecule has 1 heterocycles. The van der Waals surface area contributed by atoms with Crippen LogP contribution in [0.5, 0.6) is 5.75 Å². The maximum Gasteiger partial charge on any atom is 0.118 e. The number of rotatable bonds is 5. The second-order valence-corrected chi connectivity index (χ2v) is 7.22. The molecule has 0 radical (unpaired) electrons. The van der Waals surface area contributed by atoms with E-state index in [9.17, 15) is 0 Å². The summed E-state index contributed by atoms with van der Waals surface area (Å²) in [6.45, 7) is 9.88. The number of hydrogen-bond donors (Lipinski definition) is 0. The number of piperidine rings is 1. The van der Waals surface area contributed by atoms with E-state index in [0.29, 0.717) is 6.04 Å². The first-order chi connectivity index (χ1) is 12.1. The fourth-order valence-electron chi connectivity index (χ4n) is 3.91. The van der Waals surface area contributed by atoms with Crippen molar-refractivity contribution < 1.29 is 4.74 Å². The van der Waals surface area contributed by atoms with Crippen LogP contribution in [0, 0.1) is 13.8 Å². The largest absolute Gasteiger partial charge is 0.497 e. The third-order valence-electron chi connectivity index (χ3n) is 5.16. The Bertz CT molecular complexity index is 712. The molecule has 0 saturated carbocycles. The molecule has 132 valence electrons. The molecule has 0 bridgehead atoms. The van der Waals surface area contributed by atoms with Gasteiger partial charge >= 0.3 is 0 Å². The first-order valence-corrected chi connectivity index (χ1v) is 9.24. The number of ether oxygens (including phenoxy) is 1. The van der Waals surface area contributed by atoms with Crippen LogP contribution in [0.15, 0.2) is 49.0 Å². The molecular weight excluding hydrogens is 306 g/mol. The number of methoxy groups -OCH3 is 1. The van der Waals surface area contributed by atoms with E-state index in [1.54, 1.807) is 7.11 Å². The average molecular weight is 335 g/mol. The summed E-state index contributed by atoms with van der Waals surface area (Å²) >= 11 is 0. The molecule has 2 nitrogen and oxygen atoms in total. The maximum absolute atomic E-state index is 5.27. The highest BCUT2D eigenvalue weighted by Gasteiger charge is 2.24. The Kier molecular flexibility index (Phi) is 5.47. The smallest absolute Gasteiger partial charge is 0.118 e. The predicted octanol–water partition coefficient (Wildman–Crippen LogP) is 5.38. The lowest BCUT2D eigenvalue weighted by molar-refractivity contribution is 0.226.